The molecular weight excluding hydrogens is 338 g/mol. The Hall–Kier alpha value is -2.99. The van der Waals surface area contributed by atoms with Gasteiger partial charge in [0.2, 0.25) is 0 Å². The molecule has 0 radical (unpaired) electrons. The summed E-state index contributed by atoms with van der Waals surface area (Å²) in [6, 6.07) is 6.11. The number of piperazine rings is 1. The van der Waals surface area contributed by atoms with Crippen molar-refractivity contribution >= 4 is 17.1 Å². The number of nitrogens with zero attached hydrogens (tertiary/aromatic N) is 5. The lowest BCUT2D eigenvalue weighted by Gasteiger charge is -2.32. The summed E-state index contributed by atoms with van der Waals surface area (Å²) in [5, 5.41) is 0. The lowest BCUT2D eigenvalue weighted by molar-refractivity contribution is 0.0663. The van der Waals surface area contributed by atoms with E-state index in [-0.39, 0.29) is 5.91 Å². The van der Waals surface area contributed by atoms with E-state index in [1.54, 1.807) is 12.4 Å². The highest BCUT2D eigenvalue weighted by Crippen LogP contribution is 2.32. The second-order valence-corrected chi connectivity index (χ2v) is 7.25. The van der Waals surface area contributed by atoms with Crippen LogP contribution in [0.3, 0.4) is 0 Å². The van der Waals surface area contributed by atoms with Crippen molar-refractivity contribution in [2.45, 2.75) is 6.42 Å². The number of fused-ring (bicyclic) bond motifs is 2. The number of hydrogen-bond acceptors (Lipinski definition) is 4. The van der Waals surface area contributed by atoms with Crippen molar-refractivity contribution < 1.29 is 4.79 Å². The molecule has 0 saturated carbocycles. The van der Waals surface area contributed by atoms with E-state index in [0.29, 0.717) is 5.56 Å². The topological polar surface area (TPSA) is 53.7 Å². The first-order valence-electron chi connectivity index (χ1n) is 9.29. The summed E-state index contributed by atoms with van der Waals surface area (Å²) in [5.41, 5.74) is 5.95. The van der Waals surface area contributed by atoms with E-state index in [2.05, 4.69) is 40.3 Å². The van der Waals surface area contributed by atoms with Gasteiger partial charge in [0.05, 0.1) is 11.3 Å². The summed E-state index contributed by atoms with van der Waals surface area (Å²) >= 11 is 0. The van der Waals surface area contributed by atoms with E-state index in [1.165, 1.54) is 0 Å². The minimum absolute atomic E-state index is 0.0784. The number of hydrogen-bond donors (Lipinski definition) is 0. The molecule has 4 heterocycles. The molecule has 0 aromatic carbocycles. The van der Waals surface area contributed by atoms with E-state index in [4.69, 9.17) is 0 Å². The molecule has 2 aliphatic rings. The van der Waals surface area contributed by atoms with Crippen molar-refractivity contribution in [3.63, 3.8) is 0 Å². The second kappa shape index (κ2) is 6.32. The highest BCUT2D eigenvalue weighted by Gasteiger charge is 2.24. The molecule has 0 bridgehead atoms. The number of rotatable bonds is 2. The maximum atomic E-state index is 12.9. The molecule has 0 spiro atoms. The number of allylic oxidation sites excluding steroid dienone is 1. The van der Waals surface area contributed by atoms with Crippen LogP contribution < -0.4 is 0 Å². The smallest absolute Gasteiger partial charge is 0.255 e. The van der Waals surface area contributed by atoms with Crippen molar-refractivity contribution in [1.29, 1.82) is 0 Å². The van der Waals surface area contributed by atoms with Crippen molar-refractivity contribution in [1.82, 2.24) is 24.2 Å². The van der Waals surface area contributed by atoms with E-state index < -0.39 is 0 Å². The molecule has 1 saturated heterocycles. The zero-order chi connectivity index (χ0) is 18.4. The summed E-state index contributed by atoms with van der Waals surface area (Å²) in [4.78, 5) is 26.0. The number of carbonyl (C=O) groups excluding carboxylic acids is 1. The molecule has 136 valence electrons. The fraction of sp³-hybridized carbons (Fsp3) is 0.286. The van der Waals surface area contributed by atoms with Gasteiger partial charge in [-0.05, 0) is 36.4 Å². The number of aromatic nitrogens is 3. The summed E-state index contributed by atoms with van der Waals surface area (Å²) in [6.45, 7) is 3.37. The third-order valence-electron chi connectivity index (χ3n) is 5.50. The molecule has 3 aromatic heterocycles. The van der Waals surface area contributed by atoms with Crippen LogP contribution in [0.1, 0.15) is 27.2 Å². The molecular formula is C21H21N5O. The van der Waals surface area contributed by atoms with Gasteiger partial charge in [-0.2, -0.15) is 0 Å². The summed E-state index contributed by atoms with van der Waals surface area (Å²) < 4.78 is 2.01. The third-order valence-corrected chi connectivity index (χ3v) is 5.50. The number of pyridine rings is 2. The van der Waals surface area contributed by atoms with Gasteiger partial charge in [-0.25, -0.2) is 4.98 Å². The van der Waals surface area contributed by atoms with Crippen LogP contribution in [0, 0.1) is 0 Å². The zero-order valence-electron chi connectivity index (χ0n) is 15.3. The molecule has 5 rings (SSSR count). The van der Waals surface area contributed by atoms with Crippen molar-refractivity contribution in [2.75, 3.05) is 33.2 Å². The maximum Gasteiger partial charge on any atom is 0.255 e. The van der Waals surface area contributed by atoms with E-state index in [0.717, 1.165) is 60.6 Å². The third kappa shape index (κ3) is 2.82. The van der Waals surface area contributed by atoms with Crippen LogP contribution in [0.5, 0.6) is 0 Å². The lowest BCUT2D eigenvalue weighted by Crippen LogP contribution is -2.47. The largest absolute Gasteiger partial charge is 0.336 e. The fourth-order valence-electron chi connectivity index (χ4n) is 3.86. The van der Waals surface area contributed by atoms with Crippen LogP contribution in [0.15, 0.2) is 49.1 Å². The number of likely N-dealkylation sites (N-methyl/N-ethyl adjacent to an activating group) is 1. The SMILES string of the molecule is CN1CCN(C(=O)c2cnc3c(c2)C(c2ccc4nccn4c2)=CC3)CC1. The molecule has 0 atom stereocenters. The Balaban J connectivity index is 1.47. The number of carbonyl (C=O) groups is 1. The molecule has 0 N–H and O–H groups in total. The maximum absolute atomic E-state index is 12.9. The Labute approximate surface area is 157 Å². The van der Waals surface area contributed by atoms with E-state index in [9.17, 15) is 4.79 Å². The quantitative estimate of drug-likeness (QED) is 0.703. The van der Waals surface area contributed by atoms with E-state index >= 15 is 0 Å². The van der Waals surface area contributed by atoms with Crippen LogP contribution in [0.2, 0.25) is 0 Å². The predicted octanol–water partition coefficient (Wildman–Crippen LogP) is 2.10. The molecule has 0 unspecified atom stereocenters. The van der Waals surface area contributed by atoms with Gasteiger partial charge in [-0.3, -0.25) is 9.78 Å². The highest BCUT2D eigenvalue weighted by atomic mass is 16.2. The second-order valence-electron chi connectivity index (χ2n) is 7.25. The summed E-state index contributed by atoms with van der Waals surface area (Å²) in [5.74, 6) is 0.0784. The minimum atomic E-state index is 0.0784. The van der Waals surface area contributed by atoms with Gasteiger partial charge < -0.3 is 14.2 Å². The number of amides is 1. The Bertz CT molecular complexity index is 1060. The highest BCUT2D eigenvalue weighted by molar-refractivity contribution is 5.96. The zero-order valence-corrected chi connectivity index (χ0v) is 15.3. The predicted molar refractivity (Wildman–Crippen MR) is 104 cm³/mol. The van der Waals surface area contributed by atoms with Gasteiger partial charge in [0.25, 0.3) is 5.91 Å². The molecule has 1 amide bonds. The molecule has 27 heavy (non-hydrogen) atoms. The van der Waals surface area contributed by atoms with E-state index in [1.807, 2.05) is 27.6 Å². The molecule has 6 heteroatoms. The molecule has 3 aromatic rings. The minimum Gasteiger partial charge on any atom is -0.336 e. The first-order chi connectivity index (χ1) is 13.2. The first-order valence-corrected chi connectivity index (χ1v) is 9.29. The van der Waals surface area contributed by atoms with Crippen LogP contribution >= 0.6 is 0 Å². The molecule has 1 aliphatic heterocycles. The van der Waals surface area contributed by atoms with Gasteiger partial charge in [-0.1, -0.05) is 6.08 Å². The molecule has 1 aliphatic carbocycles. The monoisotopic (exact) mass is 359 g/mol. The molecule has 1 fully saturated rings. The van der Waals surface area contributed by atoms with Crippen molar-refractivity contribution in [3.8, 4) is 0 Å². The Morgan fingerprint density at radius 1 is 1.11 bits per heavy atom. The first kappa shape index (κ1) is 16.2. The van der Waals surface area contributed by atoms with Crippen LogP contribution in [0.4, 0.5) is 0 Å². The van der Waals surface area contributed by atoms with Gasteiger partial charge in [0.15, 0.2) is 0 Å². The van der Waals surface area contributed by atoms with Crippen LogP contribution in [-0.2, 0) is 6.42 Å². The van der Waals surface area contributed by atoms with Crippen LogP contribution in [-0.4, -0.2) is 63.3 Å². The summed E-state index contributed by atoms with van der Waals surface area (Å²) in [7, 11) is 2.09. The van der Waals surface area contributed by atoms with Crippen molar-refractivity contribution in [3.05, 3.63) is 71.4 Å². The van der Waals surface area contributed by atoms with Gasteiger partial charge in [0, 0.05) is 63.0 Å². The van der Waals surface area contributed by atoms with Crippen LogP contribution in [0.25, 0.3) is 11.2 Å². The average Bonchev–Trinajstić information content (AvgIpc) is 3.33. The lowest BCUT2D eigenvalue weighted by atomic mass is 10.0. The normalized spacial score (nSPS) is 17.2. The Kier molecular flexibility index (Phi) is 3.79. The Morgan fingerprint density at radius 2 is 1.96 bits per heavy atom. The average molecular weight is 359 g/mol. The van der Waals surface area contributed by atoms with Gasteiger partial charge >= 0.3 is 0 Å². The summed E-state index contributed by atoms with van der Waals surface area (Å²) in [6.07, 6.45) is 10.5. The number of imidazole rings is 1. The van der Waals surface area contributed by atoms with Crippen molar-refractivity contribution in [2.24, 2.45) is 0 Å². The Morgan fingerprint density at radius 3 is 2.81 bits per heavy atom. The van der Waals surface area contributed by atoms with Gasteiger partial charge in [-0.15, -0.1) is 0 Å². The fourth-order valence-corrected chi connectivity index (χ4v) is 3.86. The molecule has 6 nitrogen and oxygen atoms in total. The van der Waals surface area contributed by atoms with Gasteiger partial charge in [0.1, 0.15) is 5.65 Å². The standard InChI is InChI=1S/C21H21N5O/c1-24-8-10-25(11-9-24)21(27)16-12-18-17(3-4-19(18)23-13-16)15-2-5-20-22-6-7-26(20)14-15/h2-3,5-7,12-14H,4,8-11H2,1H3.